The Labute approximate surface area is 82.1 Å². The molecule has 0 heterocycles. The van der Waals surface area contributed by atoms with Crippen LogP contribution in [-0.4, -0.2) is 9.79 Å². The lowest BCUT2D eigenvalue weighted by molar-refractivity contribution is 0.361. The smallest absolute Gasteiger partial charge is 0.311 e. The normalized spacial score (nSPS) is 11.5. The molecule has 9 heteroatoms. The van der Waals surface area contributed by atoms with Crippen molar-refractivity contribution < 1.29 is 27.5 Å². The molecule has 1 aromatic carbocycles. The second-order valence-electron chi connectivity index (χ2n) is 2.50. The van der Waals surface area contributed by atoms with Gasteiger partial charge in [-0.2, -0.15) is 0 Å². The van der Waals surface area contributed by atoms with Gasteiger partial charge in [-0.05, 0) is 12.1 Å². The van der Waals surface area contributed by atoms with Gasteiger partial charge in [-0.1, -0.05) is 0 Å². The van der Waals surface area contributed by atoms with E-state index >= 15 is 0 Å². The lowest BCUT2D eigenvalue weighted by Gasteiger charge is -2.10. The monoisotopic (exact) mass is 242 g/mol. The van der Waals surface area contributed by atoms with Gasteiger partial charge in [0.25, 0.3) is 0 Å². The van der Waals surface area contributed by atoms with Crippen LogP contribution in [0.15, 0.2) is 12.1 Å². The van der Waals surface area contributed by atoms with Crippen LogP contribution < -0.4 is 10.6 Å². The molecule has 0 bridgehead atoms. The molecule has 1 rings (SSSR count). The van der Waals surface area contributed by atoms with Crippen molar-refractivity contribution in [3.05, 3.63) is 29.6 Å². The summed E-state index contributed by atoms with van der Waals surface area (Å²) in [5.74, 6) is -4.70. The molecule has 1 aromatic rings. The van der Waals surface area contributed by atoms with Crippen molar-refractivity contribution in [2.24, 2.45) is 0 Å². The molecule has 5 nitrogen and oxygen atoms in total. The summed E-state index contributed by atoms with van der Waals surface area (Å²) < 4.78 is 48.2. The Morgan fingerprint density at radius 3 is 2.27 bits per heavy atom. The molecular formula is C6H6F3N2O3P. The SMILES string of the molecule is O=P(O)(O)NNc1ccc(F)c(F)c1F. The average molecular weight is 242 g/mol. The zero-order chi connectivity index (χ0) is 11.6. The van der Waals surface area contributed by atoms with Crippen LogP contribution in [0, 0.1) is 17.5 Å². The highest BCUT2D eigenvalue weighted by Crippen LogP contribution is 2.28. The summed E-state index contributed by atoms with van der Waals surface area (Å²) in [7, 11) is -4.62. The summed E-state index contributed by atoms with van der Waals surface area (Å²) in [5, 5.41) is 1.41. The van der Waals surface area contributed by atoms with Gasteiger partial charge in [0.1, 0.15) is 0 Å². The van der Waals surface area contributed by atoms with E-state index in [2.05, 4.69) is 0 Å². The van der Waals surface area contributed by atoms with Crippen LogP contribution >= 0.6 is 7.75 Å². The first kappa shape index (κ1) is 12.0. The zero-order valence-corrected chi connectivity index (χ0v) is 7.93. The van der Waals surface area contributed by atoms with Crippen LogP contribution in [0.5, 0.6) is 0 Å². The van der Waals surface area contributed by atoms with Gasteiger partial charge in [0.15, 0.2) is 17.5 Å². The third-order valence-corrected chi connectivity index (χ3v) is 1.77. The van der Waals surface area contributed by atoms with E-state index < -0.39 is 30.9 Å². The first-order valence-corrected chi connectivity index (χ1v) is 5.15. The summed E-state index contributed by atoms with van der Waals surface area (Å²) in [5.41, 5.74) is 1.11. The summed E-state index contributed by atoms with van der Waals surface area (Å²) in [6.45, 7) is 0. The molecular weight excluding hydrogens is 236 g/mol. The number of hydrazine groups is 1. The molecule has 0 aromatic heterocycles. The fraction of sp³-hybridized carbons (Fsp3) is 0. The summed E-state index contributed by atoms with van der Waals surface area (Å²) in [4.78, 5) is 16.7. The van der Waals surface area contributed by atoms with E-state index in [1.165, 1.54) is 5.20 Å². The molecule has 0 fully saturated rings. The van der Waals surface area contributed by atoms with Gasteiger partial charge < -0.3 is 15.2 Å². The molecule has 0 aliphatic carbocycles. The quantitative estimate of drug-likeness (QED) is 0.362. The average Bonchev–Trinajstić information content (AvgIpc) is 2.12. The van der Waals surface area contributed by atoms with E-state index in [4.69, 9.17) is 9.79 Å². The van der Waals surface area contributed by atoms with Crippen molar-refractivity contribution >= 4 is 13.4 Å². The van der Waals surface area contributed by atoms with Crippen molar-refractivity contribution in [2.75, 3.05) is 5.43 Å². The van der Waals surface area contributed by atoms with Crippen molar-refractivity contribution in [3.8, 4) is 0 Å². The van der Waals surface area contributed by atoms with Crippen molar-refractivity contribution in [2.45, 2.75) is 0 Å². The third kappa shape index (κ3) is 3.21. The van der Waals surface area contributed by atoms with Crippen LogP contribution in [0.1, 0.15) is 0 Å². The molecule has 0 unspecified atom stereocenters. The second-order valence-corrected chi connectivity index (χ2v) is 3.82. The molecule has 0 radical (unpaired) electrons. The highest BCUT2D eigenvalue weighted by Gasteiger charge is 2.16. The van der Waals surface area contributed by atoms with Crippen molar-refractivity contribution in [3.63, 3.8) is 0 Å². The third-order valence-electron chi connectivity index (χ3n) is 1.37. The van der Waals surface area contributed by atoms with Gasteiger partial charge in [-0.15, -0.1) is 5.20 Å². The predicted molar refractivity (Wildman–Crippen MR) is 45.1 cm³/mol. The number of hydrogen-bond donors (Lipinski definition) is 4. The zero-order valence-electron chi connectivity index (χ0n) is 7.04. The molecule has 15 heavy (non-hydrogen) atoms. The Bertz CT molecular complexity index is 422. The molecule has 0 amide bonds. The number of hydrogen-bond acceptors (Lipinski definition) is 2. The maximum absolute atomic E-state index is 12.9. The summed E-state index contributed by atoms with van der Waals surface area (Å²) >= 11 is 0. The molecule has 0 atom stereocenters. The van der Waals surface area contributed by atoms with Crippen LogP contribution in [0.4, 0.5) is 18.9 Å². The maximum Gasteiger partial charge on any atom is 0.417 e. The highest BCUT2D eigenvalue weighted by atomic mass is 31.2. The fourth-order valence-electron chi connectivity index (χ4n) is 0.755. The molecule has 0 spiro atoms. The summed E-state index contributed by atoms with van der Waals surface area (Å²) in [6.07, 6.45) is 0. The molecule has 0 aliphatic heterocycles. The lowest BCUT2D eigenvalue weighted by Crippen LogP contribution is -2.19. The van der Waals surface area contributed by atoms with Crippen LogP contribution in [0.2, 0.25) is 0 Å². The largest absolute Gasteiger partial charge is 0.417 e. The number of rotatable bonds is 3. The van der Waals surface area contributed by atoms with Crippen LogP contribution in [0.3, 0.4) is 0 Å². The Hall–Kier alpha value is -1.08. The van der Waals surface area contributed by atoms with E-state index in [9.17, 15) is 17.7 Å². The maximum atomic E-state index is 12.9. The topological polar surface area (TPSA) is 81.6 Å². The summed E-state index contributed by atoms with van der Waals surface area (Å²) in [6, 6.07) is 1.40. The van der Waals surface area contributed by atoms with E-state index in [-0.39, 0.29) is 0 Å². The highest BCUT2D eigenvalue weighted by molar-refractivity contribution is 7.49. The Balaban J connectivity index is 2.88. The Morgan fingerprint density at radius 2 is 1.73 bits per heavy atom. The Kier molecular flexibility index (Phi) is 3.35. The molecule has 0 aliphatic rings. The number of benzene rings is 1. The van der Waals surface area contributed by atoms with E-state index in [1.54, 1.807) is 5.43 Å². The van der Waals surface area contributed by atoms with E-state index in [0.717, 1.165) is 6.07 Å². The first-order chi connectivity index (χ1) is 6.81. The van der Waals surface area contributed by atoms with Gasteiger partial charge in [-0.25, -0.2) is 17.7 Å². The van der Waals surface area contributed by atoms with Crippen molar-refractivity contribution in [1.82, 2.24) is 5.20 Å². The van der Waals surface area contributed by atoms with Gasteiger partial charge in [0, 0.05) is 0 Å². The minimum absolute atomic E-state index is 0.613. The Morgan fingerprint density at radius 1 is 1.13 bits per heavy atom. The molecule has 84 valence electrons. The first-order valence-electron chi connectivity index (χ1n) is 3.53. The van der Waals surface area contributed by atoms with Gasteiger partial charge in [-0.3, -0.25) is 0 Å². The predicted octanol–water partition coefficient (Wildman–Crippen LogP) is 1.11. The van der Waals surface area contributed by atoms with Gasteiger partial charge >= 0.3 is 7.75 Å². The lowest BCUT2D eigenvalue weighted by atomic mass is 10.3. The fourth-order valence-corrected chi connectivity index (χ4v) is 1.02. The standard InChI is InChI=1S/C6H6F3N2O3P/c7-3-1-2-4(6(9)5(3)8)10-11-15(12,13)14/h1-2,10H,(H3,11,12,13,14). The minimum Gasteiger partial charge on any atom is -0.311 e. The second kappa shape index (κ2) is 4.19. The molecule has 0 saturated carbocycles. The van der Waals surface area contributed by atoms with Gasteiger partial charge in [0.2, 0.25) is 0 Å². The van der Waals surface area contributed by atoms with E-state index in [1.807, 2.05) is 0 Å². The number of anilines is 1. The van der Waals surface area contributed by atoms with Crippen LogP contribution in [-0.2, 0) is 4.57 Å². The molecule has 0 saturated heterocycles. The minimum atomic E-state index is -4.62. The number of nitrogens with one attached hydrogen (secondary N) is 2. The molecule has 4 N–H and O–H groups in total. The van der Waals surface area contributed by atoms with Crippen LogP contribution in [0.25, 0.3) is 0 Å². The van der Waals surface area contributed by atoms with Gasteiger partial charge in [0.05, 0.1) is 5.69 Å². The van der Waals surface area contributed by atoms with Crippen molar-refractivity contribution in [1.29, 1.82) is 0 Å². The van der Waals surface area contributed by atoms with E-state index in [0.29, 0.717) is 6.07 Å². The number of halogens is 3.